The predicted molar refractivity (Wildman–Crippen MR) is 106 cm³/mol. The lowest BCUT2D eigenvalue weighted by atomic mass is 10.0. The summed E-state index contributed by atoms with van der Waals surface area (Å²) in [5.74, 6) is 1.16. The summed E-state index contributed by atoms with van der Waals surface area (Å²) < 4.78 is 23.9. The fraction of sp³-hybridized carbons (Fsp3) is 0.350. The molecular formula is C20H21FN6O3. The van der Waals surface area contributed by atoms with Crippen LogP contribution >= 0.6 is 0 Å². The molecular weight excluding hydrogens is 391 g/mol. The Morgan fingerprint density at radius 1 is 1.23 bits per heavy atom. The molecule has 4 rings (SSSR count). The van der Waals surface area contributed by atoms with Crippen LogP contribution in [0.3, 0.4) is 0 Å². The Kier molecular flexibility index (Phi) is 5.30. The highest BCUT2D eigenvalue weighted by Gasteiger charge is 2.37. The van der Waals surface area contributed by atoms with E-state index < -0.39 is 12.1 Å². The third kappa shape index (κ3) is 3.93. The van der Waals surface area contributed by atoms with Crippen molar-refractivity contribution in [2.45, 2.75) is 32.9 Å². The molecule has 1 saturated heterocycles. The van der Waals surface area contributed by atoms with Crippen LogP contribution in [0, 0.1) is 11.7 Å². The van der Waals surface area contributed by atoms with Gasteiger partial charge in [0.25, 0.3) is 0 Å². The van der Waals surface area contributed by atoms with Gasteiger partial charge < -0.3 is 14.6 Å². The number of hydrogen-bond acceptors (Lipinski definition) is 8. The van der Waals surface area contributed by atoms with Crippen molar-refractivity contribution < 1.29 is 18.4 Å². The van der Waals surface area contributed by atoms with Crippen molar-refractivity contribution in [2.75, 3.05) is 16.8 Å². The molecule has 1 unspecified atom stereocenters. The fourth-order valence-corrected chi connectivity index (χ4v) is 3.15. The first-order valence-electron chi connectivity index (χ1n) is 9.57. The molecule has 9 nitrogen and oxygen atoms in total. The Morgan fingerprint density at radius 2 is 2.07 bits per heavy atom. The first-order valence-corrected chi connectivity index (χ1v) is 9.57. The smallest absolute Gasteiger partial charge is 0.415 e. The number of nitrogens with zero attached hydrogens (tertiary/aromatic N) is 5. The van der Waals surface area contributed by atoms with E-state index in [4.69, 9.17) is 9.26 Å². The van der Waals surface area contributed by atoms with E-state index in [0.717, 1.165) is 0 Å². The highest BCUT2D eigenvalue weighted by molar-refractivity contribution is 5.89. The maximum Gasteiger partial charge on any atom is 0.415 e. The molecule has 1 N–H and O–H groups in total. The number of benzene rings is 1. The van der Waals surface area contributed by atoms with Crippen molar-refractivity contribution in [2.24, 2.45) is 5.92 Å². The lowest BCUT2D eigenvalue weighted by Gasteiger charge is -2.23. The second kappa shape index (κ2) is 8.05. The van der Waals surface area contributed by atoms with Crippen molar-refractivity contribution in [1.29, 1.82) is 0 Å². The van der Waals surface area contributed by atoms with Crippen LogP contribution in [-0.2, 0) is 4.74 Å². The highest BCUT2D eigenvalue weighted by Crippen LogP contribution is 2.27. The largest absolute Gasteiger partial charge is 0.447 e. The number of anilines is 2. The van der Waals surface area contributed by atoms with Crippen LogP contribution in [0.15, 0.2) is 41.1 Å². The summed E-state index contributed by atoms with van der Waals surface area (Å²) in [6.45, 7) is 6.17. The van der Waals surface area contributed by atoms with Crippen LogP contribution in [-0.4, -0.2) is 38.9 Å². The van der Waals surface area contributed by atoms with E-state index >= 15 is 0 Å². The van der Waals surface area contributed by atoms with E-state index in [1.807, 2.05) is 13.8 Å². The maximum absolute atomic E-state index is 13.4. The Balaban J connectivity index is 1.51. The summed E-state index contributed by atoms with van der Waals surface area (Å²) in [5.41, 5.74) is 0.516. The van der Waals surface area contributed by atoms with Gasteiger partial charge in [-0.15, -0.1) is 0 Å². The second-order valence-electron chi connectivity index (χ2n) is 7.33. The molecule has 10 heteroatoms. The van der Waals surface area contributed by atoms with E-state index in [1.54, 1.807) is 31.3 Å². The number of carbonyl (C=O) groups excluding carboxylic acids is 1. The number of hydrogen-bond donors (Lipinski definition) is 1. The van der Waals surface area contributed by atoms with Gasteiger partial charge in [0.2, 0.25) is 17.7 Å². The normalized spacial score (nSPS) is 17.3. The van der Waals surface area contributed by atoms with Gasteiger partial charge in [-0.1, -0.05) is 31.1 Å². The van der Waals surface area contributed by atoms with Crippen LogP contribution in [0.25, 0.3) is 11.4 Å². The van der Waals surface area contributed by atoms with Crippen LogP contribution < -0.4 is 10.2 Å². The zero-order chi connectivity index (χ0) is 21.3. The molecule has 30 heavy (non-hydrogen) atoms. The van der Waals surface area contributed by atoms with Gasteiger partial charge >= 0.3 is 6.09 Å². The molecule has 0 saturated carbocycles. The maximum atomic E-state index is 13.4. The van der Waals surface area contributed by atoms with Crippen LogP contribution in [0.1, 0.15) is 32.7 Å². The third-order valence-electron chi connectivity index (χ3n) is 4.80. The van der Waals surface area contributed by atoms with Crippen molar-refractivity contribution in [1.82, 2.24) is 20.1 Å². The zero-order valence-corrected chi connectivity index (χ0v) is 16.7. The Bertz CT molecular complexity index is 1060. The monoisotopic (exact) mass is 412 g/mol. The van der Waals surface area contributed by atoms with Gasteiger partial charge in [0.05, 0.1) is 6.04 Å². The fourth-order valence-electron chi connectivity index (χ4n) is 3.15. The topological polar surface area (TPSA) is 106 Å². The molecule has 3 aromatic rings. The molecule has 1 fully saturated rings. The molecule has 1 aliphatic rings. The standard InChI is InChI=1S/C20H21FN6O3/c1-11(2)15-10-29-20(28)27(15)16-7-8-22-19(24-16)23-12(3)18-25-17(26-30-18)13-5-4-6-14(21)9-13/h4-9,11-12,15H,10H2,1-3H3,(H,22,23,24)/t12-,15?/m0/s1. The van der Waals surface area contributed by atoms with Gasteiger partial charge in [-0.2, -0.15) is 9.97 Å². The average molecular weight is 412 g/mol. The van der Waals surface area contributed by atoms with Crippen molar-refractivity contribution in [3.63, 3.8) is 0 Å². The van der Waals surface area contributed by atoms with Gasteiger partial charge in [-0.25, -0.2) is 14.2 Å². The van der Waals surface area contributed by atoms with Crippen molar-refractivity contribution in [3.8, 4) is 11.4 Å². The number of nitrogens with one attached hydrogen (secondary N) is 1. The predicted octanol–water partition coefficient (Wildman–Crippen LogP) is 3.82. The van der Waals surface area contributed by atoms with Crippen LogP contribution in [0.5, 0.6) is 0 Å². The first-order chi connectivity index (χ1) is 14.4. The van der Waals surface area contributed by atoms with Crippen molar-refractivity contribution in [3.05, 3.63) is 48.2 Å². The van der Waals surface area contributed by atoms with Crippen LogP contribution in [0.4, 0.5) is 21.0 Å². The number of cyclic esters (lactones) is 1. The van der Waals surface area contributed by atoms with Crippen molar-refractivity contribution >= 4 is 17.9 Å². The minimum absolute atomic E-state index is 0.0950. The zero-order valence-electron chi connectivity index (χ0n) is 16.7. The average Bonchev–Trinajstić information content (AvgIpc) is 3.35. The lowest BCUT2D eigenvalue weighted by Crippen LogP contribution is -2.37. The Labute approximate surface area is 172 Å². The van der Waals surface area contributed by atoms with Gasteiger partial charge in [0, 0.05) is 11.8 Å². The summed E-state index contributed by atoms with van der Waals surface area (Å²) in [5, 5.41) is 6.99. The van der Waals surface area contributed by atoms with Crippen LogP contribution in [0.2, 0.25) is 0 Å². The molecule has 0 aliphatic carbocycles. The molecule has 1 aromatic carbocycles. The van der Waals surface area contributed by atoms with Gasteiger partial charge in [-0.3, -0.25) is 4.90 Å². The molecule has 0 radical (unpaired) electrons. The highest BCUT2D eigenvalue weighted by atomic mass is 19.1. The Hall–Kier alpha value is -3.56. The minimum atomic E-state index is -0.428. The number of amides is 1. The summed E-state index contributed by atoms with van der Waals surface area (Å²) in [7, 11) is 0. The second-order valence-corrected chi connectivity index (χ2v) is 7.33. The molecule has 1 amide bonds. The summed E-state index contributed by atoms with van der Waals surface area (Å²) in [6, 6.07) is 7.10. The lowest BCUT2D eigenvalue weighted by molar-refractivity contribution is 0.177. The van der Waals surface area contributed by atoms with Gasteiger partial charge in [0.1, 0.15) is 24.3 Å². The summed E-state index contributed by atoms with van der Waals surface area (Å²) in [4.78, 5) is 26.7. The molecule has 156 valence electrons. The molecule has 2 atom stereocenters. The van der Waals surface area contributed by atoms with E-state index in [9.17, 15) is 9.18 Å². The molecule has 3 heterocycles. The number of ether oxygens (including phenoxy) is 1. The number of aromatic nitrogens is 4. The molecule has 0 bridgehead atoms. The van der Waals surface area contributed by atoms with E-state index in [0.29, 0.717) is 29.8 Å². The molecule has 1 aliphatic heterocycles. The quantitative estimate of drug-likeness (QED) is 0.651. The third-order valence-corrected chi connectivity index (χ3v) is 4.80. The number of halogens is 1. The number of rotatable bonds is 6. The van der Waals surface area contributed by atoms with E-state index in [-0.39, 0.29) is 23.6 Å². The van der Waals surface area contributed by atoms with E-state index in [1.165, 1.54) is 17.0 Å². The summed E-state index contributed by atoms with van der Waals surface area (Å²) in [6.07, 6.45) is 1.13. The molecule has 2 aromatic heterocycles. The summed E-state index contributed by atoms with van der Waals surface area (Å²) >= 11 is 0. The van der Waals surface area contributed by atoms with Gasteiger partial charge in [0.15, 0.2) is 0 Å². The van der Waals surface area contributed by atoms with E-state index in [2.05, 4.69) is 25.4 Å². The first kappa shape index (κ1) is 19.7. The molecule has 0 spiro atoms. The minimum Gasteiger partial charge on any atom is -0.447 e. The SMILES string of the molecule is CC(C)C1COC(=O)N1c1ccnc(N[C@@H](C)c2nc(-c3cccc(F)c3)no2)n1. The number of carbonyl (C=O) groups is 1. The Morgan fingerprint density at radius 3 is 2.83 bits per heavy atom. The van der Waals surface area contributed by atoms with Gasteiger partial charge in [-0.05, 0) is 31.0 Å².